The third kappa shape index (κ3) is 3.44. The highest BCUT2D eigenvalue weighted by Crippen LogP contribution is 2.54. The minimum absolute atomic E-state index is 0.131. The van der Waals surface area contributed by atoms with Crippen LogP contribution in [-0.4, -0.2) is 0 Å². The predicted molar refractivity (Wildman–Crippen MR) is 179 cm³/mol. The van der Waals surface area contributed by atoms with Crippen molar-refractivity contribution in [1.29, 1.82) is 0 Å². The molecule has 3 heteroatoms. The Morgan fingerprint density at radius 3 is 2.21 bits per heavy atom. The van der Waals surface area contributed by atoms with Gasteiger partial charge in [-0.1, -0.05) is 103 Å². The number of hydrogen-bond donors (Lipinski definition) is 1. The number of hydrogen-bond acceptors (Lipinski definition) is 3. The first-order chi connectivity index (χ1) is 20.8. The number of anilines is 3. The number of rotatable bonds is 2. The lowest BCUT2D eigenvalue weighted by Crippen LogP contribution is -2.20. The first kappa shape index (κ1) is 23.6. The topological polar surface area (TPSA) is 15.3 Å². The average molecular weight is 555 g/mol. The number of para-hydroxylation sites is 1. The van der Waals surface area contributed by atoms with E-state index in [2.05, 4.69) is 156 Å². The Labute approximate surface area is 248 Å². The van der Waals surface area contributed by atoms with Crippen molar-refractivity contribution in [3.8, 4) is 22.3 Å². The fraction of sp³-hybridized carbons (Fsp3) is 0.0256. The molecule has 0 radical (unpaired) electrons. The summed E-state index contributed by atoms with van der Waals surface area (Å²) in [6, 6.07) is 49.0. The monoisotopic (exact) mass is 554 g/mol. The van der Waals surface area contributed by atoms with Crippen molar-refractivity contribution in [2.24, 2.45) is 0 Å². The first-order valence-electron chi connectivity index (χ1n) is 14.4. The van der Waals surface area contributed by atoms with Crippen molar-refractivity contribution in [2.75, 3.05) is 4.90 Å². The Kier molecular flexibility index (Phi) is 5.16. The van der Waals surface area contributed by atoms with Crippen molar-refractivity contribution in [3.05, 3.63) is 156 Å². The van der Waals surface area contributed by atoms with Crippen molar-refractivity contribution in [1.82, 2.24) is 5.32 Å². The van der Waals surface area contributed by atoms with E-state index in [4.69, 9.17) is 0 Å². The standard InChI is InChI=1S/C39H26N2S/c1-2-10-28-25(9-1)23-24-40-38(28)26-17-19-27(20-18-26)41-34-15-7-5-12-30(34)29-11-3-4-14-32(29)37-35(41)22-21-33-31-13-6-8-16-36(31)42-39(33)37/h1-24,38,40H. The molecule has 7 aromatic rings. The zero-order valence-corrected chi connectivity index (χ0v) is 23.6. The van der Waals surface area contributed by atoms with E-state index in [0.29, 0.717) is 0 Å². The van der Waals surface area contributed by atoms with Crippen LogP contribution in [-0.2, 0) is 0 Å². The Bertz CT molecular complexity index is 2190. The molecule has 2 aliphatic heterocycles. The zero-order valence-electron chi connectivity index (χ0n) is 22.8. The fourth-order valence-corrected chi connectivity index (χ4v) is 8.07. The van der Waals surface area contributed by atoms with Gasteiger partial charge in [0, 0.05) is 37.0 Å². The lowest BCUT2D eigenvalue weighted by molar-refractivity contribution is 0.721. The molecule has 1 aromatic heterocycles. The summed E-state index contributed by atoms with van der Waals surface area (Å²) >= 11 is 1.90. The SMILES string of the molecule is C1=Cc2ccccc2C(c2ccc(N3c4ccccc4-c4ccccc4-c4c3ccc3c4sc4ccccc43)cc2)N1. The van der Waals surface area contributed by atoms with Gasteiger partial charge in [-0.25, -0.2) is 0 Å². The van der Waals surface area contributed by atoms with Gasteiger partial charge in [-0.05, 0) is 70.4 Å². The lowest BCUT2D eigenvalue weighted by atomic mass is 9.92. The molecule has 6 aromatic carbocycles. The third-order valence-electron chi connectivity index (χ3n) is 8.71. The highest BCUT2D eigenvalue weighted by atomic mass is 32.1. The quantitative estimate of drug-likeness (QED) is 0.229. The van der Waals surface area contributed by atoms with Crippen LogP contribution in [0.15, 0.2) is 140 Å². The van der Waals surface area contributed by atoms with Crippen LogP contribution in [0, 0.1) is 0 Å². The van der Waals surface area contributed by atoms with Crippen LogP contribution in [0.25, 0.3) is 48.5 Å². The Morgan fingerprint density at radius 2 is 1.31 bits per heavy atom. The van der Waals surface area contributed by atoms with Gasteiger partial charge in [-0.3, -0.25) is 0 Å². The summed E-state index contributed by atoms with van der Waals surface area (Å²) in [6.07, 6.45) is 4.22. The van der Waals surface area contributed by atoms with E-state index < -0.39 is 0 Å². The van der Waals surface area contributed by atoms with Crippen LogP contribution in [0.2, 0.25) is 0 Å². The summed E-state index contributed by atoms with van der Waals surface area (Å²) in [5, 5.41) is 6.23. The van der Waals surface area contributed by atoms with E-state index in [9.17, 15) is 0 Å². The predicted octanol–water partition coefficient (Wildman–Crippen LogP) is 10.8. The summed E-state index contributed by atoms with van der Waals surface area (Å²) in [6.45, 7) is 0. The number of benzene rings is 6. The molecule has 1 unspecified atom stereocenters. The maximum atomic E-state index is 3.58. The fourth-order valence-electron chi connectivity index (χ4n) is 6.81. The minimum Gasteiger partial charge on any atom is -0.380 e. The molecule has 198 valence electrons. The van der Waals surface area contributed by atoms with Crippen LogP contribution >= 0.6 is 11.3 Å². The van der Waals surface area contributed by atoms with Crippen molar-refractivity contribution >= 4 is 54.6 Å². The second-order valence-corrected chi connectivity index (χ2v) is 12.0. The average Bonchev–Trinajstić information content (AvgIpc) is 3.38. The van der Waals surface area contributed by atoms with Gasteiger partial charge in [0.15, 0.2) is 0 Å². The Balaban J connectivity index is 1.28. The van der Waals surface area contributed by atoms with Gasteiger partial charge in [-0.2, -0.15) is 0 Å². The van der Waals surface area contributed by atoms with E-state index in [0.717, 1.165) is 5.69 Å². The van der Waals surface area contributed by atoms with Gasteiger partial charge >= 0.3 is 0 Å². The van der Waals surface area contributed by atoms with Gasteiger partial charge in [0.2, 0.25) is 0 Å². The van der Waals surface area contributed by atoms with Crippen LogP contribution in [0.4, 0.5) is 17.1 Å². The Morgan fingerprint density at radius 1 is 0.571 bits per heavy atom. The molecule has 42 heavy (non-hydrogen) atoms. The molecule has 1 atom stereocenters. The summed E-state index contributed by atoms with van der Waals surface area (Å²) in [5.41, 5.74) is 12.5. The smallest absolute Gasteiger partial charge is 0.0768 e. The normalized spacial score (nSPS) is 15.0. The van der Waals surface area contributed by atoms with Crippen LogP contribution < -0.4 is 10.2 Å². The molecular weight excluding hydrogens is 529 g/mol. The molecule has 0 saturated heterocycles. The van der Waals surface area contributed by atoms with E-state index in [1.54, 1.807) is 0 Å². The molecule has 2 aliphatic rings. The molecule has 1 N–H and O–H groups in total. The van der Waals surface area contributed by atoms with E-state index in [1.165, 1.54) is 70.5 Å². The van der Waals surface area contributed by atoms with Crippen molar-refractivity contribution in [3.63, 3.8) is 0 Å². The second kappa shape index (κ2) is 9.20. The number of thiophene rings is 1. The van der Waals surface area contributed by atoms with E-state index in [-0.39, 0.29) is 6.04 Å². The zero-order chi connectivity index (χ0) is 27.6. The van der Waals surface area contributed by atoms with Crippen LogP contribution in [0.1, 0.15) is 22.7 Å². The number of nitrogens with one attached hydrogen (secondary N) is 1. The largest absolute Gasteiger partial charge is 0.380 e. The second-order valence-electron chi connectivity index (χ2n) is 11.0. The third-order valence-corrected chi connectivity index (χ3v) is 9.92. The molecule has 0 spiro atoms. The summed E-state index contributed by atoms with van der Waals surface area (Å²) in [7, 11) is 0. The summed E-state index contributed by atoms with van der Waals surface area (Å²) in [5.74, 6) is 0. The molecule has 0 fully saturated rings. The van der Waals surface area contributed by atoms with Gasteiger partial charge in [0.1, 0.15) is 0 Å². The van der Waals surface area contributed by atoms with E-state index in [1.807, 2.05) is 11.3 Å². The molecule has 2 nitrogen and oxygen atoms in total. The molecule has 3 heterocycles. The first-order valence-corrected chi connectivity index (χ1v) is 15.2. The molecule has 0 amide bonds. The molecule has 0 bridgehead atoms. The molecule has 0 saturated carbocycles. The van der Waals surface area contributed by atoms with Gasteiger partial charge in [0.05, 0.1) is 17.4 Å². The number of nitrogens with zero attached hydrogens (tertiary/aromatic N) is 1. The van der Waals surface area contributed by atoms with Crippen molar-refractivity contribution < 1.29 is 0 Å². The van der Waals surface area contributed by atoms with E-state index >= 15 is 0 Å². The van der Waals surface area contributed by atoms with Crippen LogP contribution in [0.5, 0.6) is 0 Å². The summed E-state index contributed by atoms with van der Waals surface area (Å²) in [4.78, 5) is 2.46. The highest BCUT2D eigenvalue weighted by molar-refractivity contribution is 7.26. The Hall–Kier alpha value is -5.12. The van der Waals surface area contributed by atoms with Crippen molar-refractivity contribution in [2.45, 2.75) is 6.04 Å². The molecule has 0 aliphatic carbocycles. The maximum Gasteiger partial charge on any atom is 0.0768 e. The summed E-state index contributed by atoms with van der Waals surface area (Å²) < 4.78 is 2.66. The maximum absolute atomic E-state index is 3.58. The minimum atomic E-state index is 0.131. The number of fused-ring (bicyclic) bond motifs is 10. The van der Waals surface area contributed by atoms with Gasteiger partial charge in [-0.15, -0.1) is 11.3 Å². The van der Waals surface area contributed by atoms with Crippen LogP contribution in [0.3, 0.4) is 0 Å². The van der Waals surface area contributed by atoms with Gasteiger partial charge in [0.25, 0.3) is 0 Å². The highest BCUT2D eigenvalue weighted by Gasteiger charge is 2.28. The molecular formula is C39H26N2S. The molecule has 9 rings (SSSR count). The lowest BCUT2D eigenvalue weighted by Gasteiger charge is -2.29. The van der Waals surface area contributed by atoms with Gasteiger partial charge < -0.3 is 10.2 Å².